The van der Waals surface area contributed by atoms with Crippen molar-refractivity contribution in [3.63, 3.8) is 0 Å². The van der Waals surface area contributed by atoms with Crippen LogP contribution in [0.15, 0.2) is 132 Å². The zero-order valence-electron chi connectivity index (χ0n) is 25.8. The Bertz CT molecular complexity index is 1100. The van der Waals surface area contributed by atoms with E-state index in [9.17, 15) is 13.2 Å². The first-order valence-electron chi connectivity index (χ1n) is 14.2. The van der Waals surface area contributed by atoms with Gasteiger partial charge in [0.15, 0.2) is 11.7 Å². The quantitative estimate of drug-likeness (QED) is 0.0849. The number of allylic oxidation sites excluding steroid dienone is 16. The lowest BCUT2D eigenvalue weighted by molar-refractivity contribution is 0.339. The minimum Gasteiger partial charge on any atom is -0.206 e. The highest BCUT2D eigenvalue weighted by Crippen LogP contribution is 2.30. The van der Waals surface area contributed by atoms with E-state index in [0.717, 1.165) is 18.4 Å². The monoisotopic (exact) mass is 552 g/mol. The topological polar surface area (TPSA) is 0 Å². The van der Waals surface area contributed by atoms with E-state index in [1.165, 1.54) is 31.1 Å². The van der Waals surface area contributed by atoms with Crippen molar-refractivity contribution in [2.45, 2.75) is 80.1 Å². The Morgan fingerprint density at radius 2 is 1.32 bits per heavy atom. The number of rotatable bonds is 19. The lowest BCUT2D eigenvalue weighted by Gasteiger charge is -2.19. The highest BCUT2D eigenvalue weighted by Gasteiger charge is 2.15. The number of halogens is 3. The lowest BCUT2D eigenvalue weighted by atomic mass is 9.86. The molecule has 220 valence electrons. The van der Waals surface area contributed by atoms with Crippen LogP contribution in [-0.2, 0) is 0 Å². The molecular weight excluding hydrogens is 501 g/mol. The summed E-state index contributed by atoms with van der Waals surface area (Å²) in [6, 6.07) is 0. The first-order valence-corrected chi connectivity index (χ1v) is 14.2. The van der Waals surface area contributed by atoms with E-state index in [-0.39, 0.29) is 27.9 Å². The van der Waals surface area contributed by atoms with Crippen molar-refractivity contribution in [1.29, 1.82) is 0 Å². The van der Waals surface area contributed by atoms with Gasteiger partial charge < -0.3 is 0 Å². The van der Waals surface area contributed by atoms with Crippen LogP contribution in [-0.4, -0.2) is 0 Å². The number of hydrogen-bond donors (Lipinski definition) is 0. The van der Waals surface area contributed by atoms with Gasteiger partial charge in [0.1, 0.15) is 5.83 Å². The molecule has 2 atom stereocenters. The molecule has 0 fully saturated rings. The van der Waals surface area contributed by atoms with Crippen LogP contribution in [0.1, 0.15) is 80.1 Å². The minimum atomic E-state index is -1.11. The summed E-state index contributed by atoms with van der Waals surface area (Å²) in [6.07, 6.45) is 15.2. The molecule has 3 heteroatoms. The average molecular weight is 553 g/mol. The molecule has 0 nitrogen and oxygen atoms in total. The van der Waals surface area contributed by atoms with E-state index in [4.69, 9.17) is 0 Å². The van der Waals surface area contributed by atoms with Crippen LogP contribution in [0.2, 0.25) is 0 Å². The Kier molecular flexibility index (Phi) is 17.6. The van der Waals surface area contributed by atoms with Crippen LogP contribution in [0.5, 0.6) is 0 Å². The maximum atomic E-state index is 14.9. The van der Waals surface area contributed by atoms with Gasteiger partial charge in [0.05, 0.1) is 0 Å². The molecule has 0 radical (unpaired) electrons. The van der Waals surface area contributed by atoms with Crippen molar-refractivity contribution in [1.82, 2.24) is 0 Å². The van der Waals surface area contributed by atoms with Crippen molar-refractivity contribution in [3.05, 3.63) is 132 Å². The van der Waals surface area contributed by atoms with Crippen molar-refractivity contribution in [3.8, 4) is 0 Å². The van der Waals surface area contributed by atoms with Crippen LogP contribution in [0, 0.1) is 17.8 Å². The summed E-state index contributed by atoms with van der Waals surface area (Å²) in [6.45, 7) is 35.5. The molecule has 2 unspecified atom stereocenters. The highest BCUT2D eigenvalue weighted by molar-refractivity contribution is 5.54. The minimum absolute atomic E-state index is 0.0657. The molecule has 0 saturated carbocycles. The predicted octanol–water partition coefficient (Wildman–Crippen LogP) is 12.7. The maximum absolute atomic E-state index is 14.9. The maximum Gasteiger partial charge on any atom is 0.166 e. The third kappa shape index (κ3) is 13.8. The molecular formula is C37H51F3. The third-order valence-electron chi connectivity index (χ3n) is 7.18. The molecule has 0 aliphatic rings. The van der Waals surface area contributed by atoms with Gasteiger partial charge in [-0.2, -0.15) is 0 Å². The van der Waals surface area contributed by atoms with Gasteiger partial charge in [0.25, 0.3) is 0 Å². The van der Waals surface area contributed by atoms with Gasteiger partial charge in [-0.3, -0.25) is 0 Å². The molecule has 40 heavy (non-hydrogen) atoms. The van der Waals surface area contributed by atoms with E-state index in [1.54, 1.807) is 0 Å². The molecule has 0 aromatic carbocycles. The molecule has 0 heterocycles. The normalized spacial score (nSPS) is 14.8. The standard InChI is InChI=1S/C37H51F3/c1-13-14-15-16-17-31(9)36(39)37(40)34(12)30(8)23-22-29(7)33(11)35(38)24-32(10)28(6)21-20-27(5)26(4)19-18-25(2)3/h13-14,21-27H,7-12,15-20H2,1-6H3/b14-13-,23-22-,28-21+,35-24+,37-36-. The first kappa shape index (κ1) is 36.9. The molecule has 0 N–H and O–H groups in total. The number of hydrogen-bond acceptors (Lipinski definition) is 0. The van der Waals surface area contributed by atoms with Gasteiger partial charge in [-0.1, -0.05) is 110 Å². The second-order valence-corrected chi connectivity index (χ2v) is 11.1. The molecule has 0 saturated heterocycles. The summed E-state index contributed by atoms with van der Waals surface area (Å²) in [5, 5.41) is 0. The first-order chi connectivity index (χ1) is 18.6. The second-order valence-electron chi connectivity index (χ2n) is 11.1. The summed E-state index contributed by atoms with van der Waals surface area (Å²) < 4.78 is 44.1. The van der Waals surface area contributed by atoms with Crippen molar-refractivity contribution in [2.75, 3.05) is 0 Å². The SMILES string of the molecule is C=C(/C=C\C(=C)C(=C)/C(F)=C\C(=C)/C(C)=C/CC(C)C(C)CCC(C)C)C(=C)/C(F)=C(/F)C(=C)CCC/C=C\C. The molecule has 0 aromatic rings. The highest BCUT2D eigenvalue weighted by atomic mass is 19.2. The van der Waals surface area contributed by atoms with Crippen LogP contribution < -0.4 is 0 Å². The zero-order valence-corrected chi connectivity index (χ0v) is 25.8. The van der Waals surface area contributed by atoms with Crippen LogP contribution in [0.4, 0.5) is 13.2 Å². The fourth-order valence-electron chi connectivity index (χ4n) is 3.65. The van der Waals surface area contributed by atoms with Crippen molar-refractivity contribution in [2.24, 2.45) is 17.8 Å². The smallest absolute Gasteiger partial charge is 0.166 e. The van der Waals surface area contributed by atoms with Gasteiger partial charge >= 0.3 is 0 Å². The Hall–Kier alpha value is -3.07. The summed E-state index contributed by atoms with van der Waals surface area (Å²) in [7, 11) is 0. The van der Waals surface area contributed by atoms with Crippen molar-refractivity contribution < 1.29 is 13.2 Å². The van der Waals surface area contributed by atoms with E-state index < -0.39 is 17.5 Å². The van der Waals surface area contributed by atoms with Gasteiger partial charge in [-0.15, -0.1) is 0 Å². The summed E-state index contributed by atoms with van der Waals surface area (Å²) in [4.78, 5) is 0. The fraction of sp³-hybridized carbons (Fsp3) is 0.405. The molecule has 0 amide bonds. The van der Waals surface area contributed by atoms with E-state index >= 15 is 0 Å². The Morgan fingerprint density at radius 1 is 0.750 bits per heavy atom. The Balaban J connectivity index is 5.18. The van der Waals surface area contributed by atoms with Crippen LogP contribution >= 0.6 is 0 Å². The summed E-state index contributed by atoms with van der Waals surface area (Å²) in [5.74, 6) is -0.875. The molecule has 0 bridgehead atoms. The lowest BCUT2D eigenvalue weighted by Crippen LogP contribution is -2.08. The van der Waals surface area contributed by atoms with Gasteiger partial charge in [0, 0.05) is 11.1 Å². The van der Waals surface area contributed by atoms with Crippen LogP contribution in [0.25, 0.3) is 0 Å². The largest absolute Gasteiger partial charge is 0.206 e. The van der Waals surface area contributed by atoms with Gasteiger partial charge in [-0.05, 0) is 91.2 Å². The summed E-state index contributed by atoms with van der Waals surface area (Å²) >= 11 is 0. The third-order valence-corrected chi connectivity index (χ3v) is 7.18. The predicted molar refractivity (Wildman–Crippen MR) is 172 cm³/mol. The molecule has 0 aliphatic heterocycles. The van der Waals surface area contributed by atoms with Gasteiger partial charge in [0.2, 0.25) is 0 Å². The van der Waals surface area contributed by atoms with E-state index in [1.807, 2.05) is 26.0 Å². The molecule has 0 rings (SSSR count). The molecule has 0 aromatic heterocycles. The Morgan fingerprint density at radius 3 is 1.88 bits per heavy atom. The van der Waals surface area contributed by atoms with Gasteiger partial charge in [-0.25, -0.2) is 13.2 Å². The molecule has 0 aliphatic carbocycles. The van der Waals surface area contributed by atoms with Crippen LogP contribution in [0.3, 0.4) is 0 Å². The Labute approximate surface area is 243 Å². The molecule has 0 spiro atoms. The number of unbranched alkanes of at least 4 members (excludes halogenated alkanes) is 1. The second kappa shape index (κ2) is 19.1. The van der Waals surface area contributed by atoms with E-state index in [2.05, 4.69) is 73.2 Å². The average Bonchev–Trinajstić information content (AvgIpc) is 2.92. The summed E-state index contributed by atoms with van der Waals surface area (Å²) in [5.41, 5.74) is 1.80. The zero-order chi connectivity index (χ0) is 31.0. The van der Waals surface area contributed by atoms with Crippen molar-refractivity contribution >= 4 is 0 Å². The van der Waals surface area contributed by atoms with E-state index in [0.29, 0.717) is 36.2 Å². The fourth-order valence-corrected chi connectivity index (χ4v) is 3.65.